The highest BCUT2D eigenvalue weighted by molar-refractivity contribution is 8.15. The first-order valence-electron chi connectivity index (χ1n) is 11.4. The topological polar surface area (TPSA) is 106 Å². The van der Waals surface area contributed by atoms with Crippen molar-refractivity contribution >= 4 is 28.4 Å². The van der Waals surface area contributed by atoms with Crippen molar-refractivity contribution in [3.63, 3.8) is 0 Å². The van der Waals surface area contributed by atoms with Crippen molar-refractivity contribution < 1.29 is 14.6 Å². The van der Waals surface area contributed by atoms with Gasteiger partial charge in [0, 0.05) is 26.2 Å². The van der Waals surface area contributed by atoms with E-state index < -0.39 is 17.1 Å². The second kappa shape index (κ2) is 10.9. The lowest BCUT2D eigenvalue weighted by Gasteiger charge is -2.39. The number of amides is 1. The molecule has 3 rings (SSSR count). The molecule has 0 unspecified atom stereocenters. The minimum absolute atomic E-state index is 0.0507. The van der Waals surface area contributed by atoms with E-state index in [0.717, 1.165) is 40.2 Å². The summed E-state index contributed by atoms with van der Waals surface area (Å²) >= 11 is 1.08. The van der Waals surface area contributed by atoms with Crippen molar-refractivity contribution in [2.45, 2.75) is 52.1 Å². The number of ether oxygens (including phenoxy) is 1. The third-order valence-electron chi connectivity index (χ3n) is 6.04. The zero-order valence-electron chi connectivity index (χ0n) is 20.3. The monoisotopic (exact) mass is 488 g/mol. The lowest BCUT2D eigenvalue weighted by atomic mass is 9.98. The molecule has 2 heterocycles. The van der Waals surface area contributed by atoms with Gasteiger partial charge in [-0.3, -0.25) is 18.7 Å². The summed E-state index contributed by atoms with van der Waals surface area (Å²) in [6.07, 6.45) is 3.00. The average Bonchev–Trinajstić information content (AvgIpc) is 2.81. The maximum atomic E-state index is 13.1. The maximum absolute atomic E-state index is 13.1. The van der Waals surface area contributed by atoms with Gasteiger partial charge in [0.05, 0.1) is 18.0 Å². The quantitative estimate of drug-likeness (QED) is 0.495. The predicted octanol–water partition coefficient (Wildman–Crippen LogP) is 2.79. The van der Waals surface area contributed by atoms with Gasteiger partial charge >= 0.3 is 5.69 Å². The number of aliphatic imine (C=N–C) groups is 1. The van der Waals surface area contributed by atoms with Gasteiger partial charge in [-0.1, -0.05) is 11.8 Å². The van der Waals surface area contributed by atoms with Gasteiger partial charge in [0.2, 0.25) is 11.8 Å². The first-order valence-corrected chi connectivity index (χ1v) is 12.4. The van der Waals surface area contributed by atoms with Gasteiger partial charge in [-0.25, -0.2) is 9.79 Å². The number of aromatic hydroxyl groups is 1. The Hall–Kier alpha value is -3.01. The van der Waals surface area contributed by atoms with Crippen LogP contribution >= 0.6 is 11.8 Å². The molecule has 0 saturated carbocycles. The summed E-state index contributed by atoms with van der Waals surface area (Å²) in [5, 5.41) is 10.9. The van der Waals surface area contributed by atoms with E-state index >= 15 is 0 Å². The average molecular weight is 489 g/mol. The standard InChI is InChI=1S/C24H32N4O5S/c1-6-33-18-12-10-17(11-13-18)25-21(20-22(30)26(4)24(32)27(5)23(20)31)34-14-19(29)28-15(2)8-7-9-16(28)3/h10-13,15-16,30H,6-9,14H2,1-5H3/t15-,16-/m1/s1. The van der Waals surface area contributed by atoms with Crippen LogP contribution in [0.3, 0.4) is 0 Å². The largest absolute Gasteiger partial charge is 0.494 e. The Morgan fingerprint density at radius 1 is 1.12 bits per heavy atom. The molecule has 10 heteroatoms. The third kappa shape index (κ3) is 5.38. The van der Waals surface area contributed by atoms with Crippen LogP contribution in [0.4, 0.5) is 5.69 Å². The van der Waals surface area contributed by atoms with Gasteiger partial charge in [0.1, 0.15) is 16.4 Å². The van der Waals surface area contributed by atoms with Crippen LogP contribution in [0.1, 0.15) is 45.6 Å². The van der Waals surface area contributed by atoms with Crippen molar-refractivity contribution in [1.82, 2.24) is 14.0 Å². The molecule has 1 saturated heterocycles. The first-order chi connectivity index (χ1) is 16.1. The minimum Gasteiger partial charge on any atom is -0.494 e. The van der Waals surface area contributed by atoms with Gasteiger partial charge < -0.3 is 14.7 Å². The summed E-state index contributed by atoms with van der Waals surface area (Å²) in [7, 11) is 2.72. The molecule has 1 aliphatic rings. The van der Waals surface area contributed by atoms with Crippen molar-refractivity contribution in [2.24, 2.45) is 19.1 Å². The number of benzene rings is 1. The van der Waals surface area contributed by atoms with Crippen LogP contribution in [0, 0.1) is 0 Å². The normalized spacial score (nSPS) is 18.7. The molecule has 1 aliphatic heterocycles. The summed E-state index contributed by atoms with van der Waals surface area (Å²) in [4.78, 5) is 44.8. The molecule has 1 amide bonds. The molecule has 0 aliphatic carbocycles. The van der Waals surface area contributed by atoms with Crippen LogP contribution in [0.5, 0.6) is 11.6 Å². The molecular weight excluding hydrogens is 456 g/mol. The predicted molar refractivity (Wildman–Crippen MR) is 134 cm³/mol. The number of hydrogen-bond acceptors (Lipinski definition) is 7. The van der Waals surface area contributed by atoms with Gasteiger partial charge in [-0.2, -0.15) is 0 Å². The Morgan fingerprint density at radius 2 is 1.74 bits per heavy atom. The zero-order chi connectivity index (χ0) is 25.0. The fraction of sp³-hybridized carbons (Fsp3) is 0.500. The van der Waals surface area contributed by atoms with Crippen molar-refractivity contribution in [1.29, 1.82) is 0 Å². The number of carbonyl (C=O) groups excluding carboxylic acids is 1. The number of rotatable bonds is 6. The van der Waals surface area contributed by atoms with E-state index in [1.54, 1.807) is 24.3 Å². The Bertz CT molecular complexity index is 1180. The van der Waals surface area contributed by atoms with E-state index in [4.69, 9.17) is 4.74 Å². The summed E-state index contributed by atoms with van der Waals surface area (Å²) in [6.45, 7) is 6.50. The molecule has 1 aromatic heterocycles. The lowest BCUT2D eigenvalue weighted by Crippen LogP contribution is -2.48. The summed E-state index contributed by atoms with van der Waals surface area (Å²) < 4.78 is 7.37. The Morgan fingerprint density at radius 3 is 2.32 bits per heavy atom. The highest BCUT2D eigenvalue weighted by Gasteiger charge is 2.30. The second-order valence-electron chi connectivity index (χ2n) is 8.47. The van der Waals surface area contributed by atoms with Crippen molar-refractivity contribution in [3.8, 4) is 11.6 Å². The molecular formula is C24H32N4O5S. The van der Waals surface area contributed by atoms with E-state index in [-0.39, 0.29) is 34.4 Å². The van der Waals surface area contributed by atoms with Crippen molar-refractivity contribution in [2.75, 3.05) is 12.4 Å². The lowest BCUT2D eigenvalue weighted by molar-refractivity contribution is -0.134. The zero-order valence-corrected chi connectivity index (χ0v) is 21.1. The van der Waals surface area contributed by atoms with Crippen LogP contribution in [0.2, 0.25) is 0 Å². The molecule has 1 N–H and O–H groups in total. The maximum Gasteiger partial charge on any atom is 0.333 e. The van der Waals surface area contributed by atoms with E-state index in [1.807, 2.05) is 25.7 Å². The number of nitrogens with zero attached hydrogens (tertiary/aromatic N) is 4. The second-order valence-corrected chi connectivity index (χ2v) is 9.43. The van der Waals surface area contributed by atoms with Gasteiger partial charge in [-0.05, 0) is 64.3 Å². The molecule has 1 aromatic carbocycles. The molecule has 2 atom stereocenters. The van der Waals surface area contributed by atoms with Crippen LogP contribution < -0.4 is 16.0 Å². The number of carbonyl (C=O) groups is 1. The Kier molecular flexibility index (Phi) is 8.24. The van der Waals surface area contributed by atoms with E-state index in [0.29, 0.717) is 18.0 Å². The van der Waals surface area contributed by atoms with Crippen LogP contribution in [-0.2, 0) is 18.9 Å². The smallest absolute Gasteiger partial charge is 0.333 e. The fourth-order valence-electron chi connectivity index (χ4n) is 4.20. The van der Waals surface area contributed by atoms with Gasteiger partial charge in [0.25, 0.3) is 5.56 Å². The molecule has 0 bridgehead atoms. The molecule has 0 radical (unpaired) electrons. The van der Waals surface area contributed by atoms with Gasteiger partial charge in [-0.15, -0.1) is 0 Å². The van der Waals surface area contributed by atoms with Crippen LogP contribution in [-0.4, -0.2) is 54.5 Å². The summed E-state index contributed by atoms with van der Waals surface area (Å²) in [5.74, 6) is 0.193. The summed E-state index contributed by atoms with van der Waals surface area (Å²) in [5.41, 5.74) is -0.918. The number of hydrogen-bond donors (Lipinski definition) is 1. The van der Waals surface area contributed by atoms with E-state index in [9.17, 15) is 19.5 Å². The van der Waals surface area contributed by atoms with E-state index in [1.165, 1.54) is 14.1 Å². The number of likely N-dealkylation sites (tertiary alicyclic amines) is 1. The summed E-state index contributed by atoms with van der Waals surface area (Å²) in [6, 6.07) is 7.25. The van der Waals surface area contributed by atoms with Crippen LogP contribution in [0.15, 0.2) is 38.8 Å². The number of piperidine rings is 1. The fourth-order valence-corrected chi connectivity index (χ4v) is 5.10. The Balaban J connectivity index is 2.01. The number of thioether (sulfide) groups is 1. The molecule has 9 nitrogen and oxygen atoms in total. The van der Waals surface area contributed by atoms with Gasteiger partial charge in [0.15, 0.2) is 0 Å². The molecule has 1 fully saturated rings. The molecule has 0 spiro atoms. The third-order valence-corrected chi connectivity index (χ3v) is 7.00. The van der Waals surface area contributed by atoms with E-state index in [2.05, 4.69) is 4.99 Å². The highest BCUT2D eigenvalue weighted by atomic mass is 32.2. The number of aromatic nitrogens is 2. The molecule has 34 heavy (non-hydrogen) atoms. The SMILES string of the molecule is CCOc1ccc(N=C(SCC(=O)N2[C@H](C)CCC[C@H]2C)c2c(O)n(C)c(=O)n(C)c2=O)cc1. The minimum atomic E-state index is -0.676. The highest BCUT2D eigenvalue weighted by Crippen LogP contribution is 2.27. The first kappa shape index (κ1) is 25.6. The van der Waals surface area contributed by atoms with Crippen LogP contribution in [0.25, 0.3) is 0 Å². The Labute approximate surface area is 203 Å². The molecule has 184 valence electrons. The molecule has 2 aromatic rings. The van der Waals surface area contributed by atoms with Crippen molar-refractivity contribution in [3.05, 3.63) is 50.7 Å².